The molecule has 0 aliphatic heterocycles. The Bertz CT molecular complexity index is 517. The molecule has 1 aromatic rings. The first-order valence-electron chi connectivity index (χ1n) is 5.09. The Morgan fingerprint density at radius 1 is 1.67 bits per heavy atom. The summed E-state index contributed by atoms with van der Waals surface area (Å²) in [4.78, 5) is 13.9. The van der Waals surface area contributed by atoms with Gasteiger partial charge in [-0.2, -0.15) is 0 Å². The maximum Gasteiger partial charge on any atom is 0.270 e. The van der Waals surface area contributed by atoms with Crippen molar-refractivity contribution in [2.45, 2.75) is 18.9 Å². The van der Waals surface area contributed by atoms with E-state index in [4.69, 9.17) is 5.11 Å². The lowest BCUT2D eigenvalue weighted by Gasteiger charge is -2.23. The number of rotatable bonds is 5. The Kier molecular flexibility index (Phi) is 4.61. The zero-order valence-corrected chi connectivity index (χ0v) is 10.4. The molecule has 0 radical (unpaired) electrons. The number of hydrogen-bond acceptors (Lipinski definition) is 5. The fraction of sp³-hybridized carbons (Fsp3) is 0.364. The lowest BCUT2D eigenvalue weighted by atomic mass is 9.89. The molecule has 5 nitrogen and oxygen atoms in total. The maximum atomic E-state index is 13.7. The summed E-state index contributed by atoms with van der Waals surface area (Å²) in [5, 5.41) is 21.8. The second kappa shape index (κ2) is 5.77. The molecule has 0 saturated heterocycles. The van der Waals surface area contributed by atoms with Crippen LogP contribution in [0.4, 0.5) is 10.1 Å². The number of halogens is 1. The van der Waals surface area contributed by atoms with E-state index in [9.17, 15) is 14.5 Å². The van der Waals surface area contributed by atoms with E-state index in [-0.39, 0.29) is 24.3 Å². The first kappa shape index (κ1) is 14.4. The quantitative estimate of drug-likeness (QED) is 0.386. The van der Waals surface area contributed by atoms with E-state index in [2.05, 4.69) is 22.4 Å². The van der Waals surface area contributed by atoms with Crippen LogP contribution in [0.25, 0.3) is 0 Å². The minimum absolute atomic E-state index is 0.0168. The number of nitrogens with zero attached hydrogens (tertiary/aromatic N) is 2. The maximum absolute atomic E-state index is 13.7. The third kappa shape index (κ3) is 2.95. The van der Waals surface area contributed by atoms with Gasteiger partial charge < -0.3 is 5.11 Å². The molecule has 1 N–H and O–H groups in total. The second-order valence-electron chi connectivity index (χ2n) is 3.87. The highest BCUT2D eigenvalue weighted by Gasteiger charge is 2.30. The van der Waals surface area contributed by atoms with E-state index in [0.717, 1.165) is 18.2 Å². The fourth-order valence-electron chi connectivity index (χ4n) is 1.61. The molecular formula is C11H11FN2O3S. The summed E-state index contributed by atoms with van der Waals surface area (Å²) in [5.41, 5.74) is -1.38. The molecule has 1 aromatic carbocycles. The van der Waals surface area contributed by atoms with Crippen molar-refractivity contribution in [1.82, 2.24) is 0 Å². The van der Waals surface area contributed by atoms with Gasteiger partial charge >= 0.3 is 0 Å². The average molecular weight is 270 g/mol. The summed E-state index contributed by atoms with van der Waals surface area (Å²) in [5.74, 6) is -0.634. The monoisotopic (exact) mass is 270 g/mol. The number of benzene rings is 1. The van der Waals surface area contributed by atoms with Crippen LogP contribution in [0.15, 0.2) is 23.2 Å². The molecule has 0 aliphatic carbocycles. The molecule has 0 unspecified atom stereocenters. The molecule has 0 amide bonds. The summed E-state index contributed by atoms with van der Waals surface area (Å²) in [6.07, 6.45) is 0.0920. The lowest BCUT2D eigenvalue weighted by Crippen LogP contribution is -2.22. The van der Waals surface area contributed by atoms with E-state index in [1.165, 1.54) is 6.92 Å². The SMILES string of the molecule is C[C@@](CCO)(N=C=S)c1cc([N+](=O)[O-])ccc1F. The number of aliphatic imine (C=N–C) groups is 1. The first-order chi connectivity index (χ1) is 8.44. The van der Waals surface area contributed by atoms with E-state index in [0.29, 0.717) is 0 Å². The molecule has 0 aliphatic rings. The predicted molar refractivity (Wildman–Crippen MR) is 67.1 cm³/mol. The van der Waals surface area contributed by atoms with Gasteiger partial charge in [-0.05, 0) is 25.2 Å². The highest BCUT2D eigenvalue weighted by atomic mass is 32.1. The van der Waals surface area contributed by atoms with Crippen LogP contribution in [-0.2, 0) is 5.54 Å². The van der Waals surface area contributed by atoms with Gasteiger partial charge in [0.2, 0.25) is 0 Å². The van der Waals surface area contributed by atoms with Crippen molar-refractivity contribution >= 4 is 23.1 Å². The number of non-ortho nitro benzene ring substituents is 1. The standard InChI is InChI=1S/C11H11FN2O3S/c1-11(4-5-15,13-7-18)9-6-8(14(16)17)2-3-10(9)12/h2-3,6,15H,4-5H2,1H3/t11-/m0/s1. The van der Waals surface area contributed by atoms with Gasteiger partial charge in [-0.25, -0.2) is 9.38 Å². The molecular weight excluding hydrogens is 259 g/mol. The van der Waals surface area contributed by atoms with Gasteiger partial charge in [0.05, 0.1) is 15.6 Å². The molecule has 0 spiro atoms. The van der Waals surface area contributed by atoms with E-state index >= 15 is 0 Å². The first-order valence-corrected chi connectivity index (χ1v) is 5.50. The normalized spacial score (nSPS) is 13.5. The highest BCUT2D eigenvalue weighted by Crippen LogP contribution is 2.33. The molecule has 7 heteroatoms. The van der Waals surface area contributed by atoms with Gasteiger partial charge in [0.15, 0.2) is 0 Å². The van der Waals surface area contributed by atoms with Crippen LogP contribution in [0.3, 0.4) is 0 Å². The summed E-state index contributed by atoms with van der Waals surface area (Å²) in [6.45, 7) is 1.28. The van der Waals surface area contributed by atoms with Crippen molar-refractivity contribution in [1.29, 1.82) is 0 Å². The molecule has 0 fully saturated rings. The van der Waals surface area contributed by atoms with Crippen LogP contribution in [-0.4, -0.2) is 21.8 Å². The summed E-state index contributed by atoms with van der Waals surface area (Å²) < 4.78 is 13.7. The minimum Gasteiger partial charge on any atom is -0.396 e. The van der Waals surface area contributed by atoms with Crippen molar-refractivity contribution in [2.24, 2.45) is 4.99 Å². The number of nitro benzene ring substituents is 1. The molecule has 18 heavy (non-hydrogen) atoms. The third-order valence-corrected chi connectivity index (χ3v) is 2.72. The van der Waals surface area contributed by atoms with E-state index < -0.39 is 16.3 Å². The second-order valence-corrected chi connectivity index (χ2v) is 4.05. The fourth-order valence-corrected chi connectivity index (χ4v) is 1.81. The number of aliphatic hydroxyl groups is 1. The van der Waals surface area contributed by atoms with E-state index in [1.54, 1.807) is 0 Å². The van der Waals surface area contributed by atoms with Gasteiger partial charge in [0.25, 0.3) is 5.69 Å². The number of thiocarbonyl (C=S) groups is 1. The summed E-state index contributed by atoms with van der Waals surface area (Å²) in [6, 6.07) is 3.17. The van der Waals surface area contributed by atoms with Crippen molar-refractivity contribution in [3.63, 3.8) is 0 Å². The van der Waals surface area contributed by atoms with Crippen LogP contribution >= 0.6 is 12.2 Å². The van der Waals surface area contributed by atoms with Crippen molar-refractivity contribution in [2.75, 3.05) is 6.61 Å². The Morgan fingerprint density at radius 2 is 2.33 bits per heavy atom. The molecule has 1 atom stereocenters. The predicted octanol–water partition coefficient (Wildman–Crippen LogP) is 2.43. The molecule has 1 rings (SSSR count). The minimum atomic E-state index is -1.16. The Labute approximate surface area is 108 Å². The zero-order valence-electron chi connectivity index (χ0n) is 9.59. The molecule has 0 bridgehead atoms. The van der Waals surface area contributed by atoms with Crippen LogP contribution in [0.2, 0.25) is 0 Å². The van der Waals surface area contributed by atoms with Crippen LogP contribution in [0, 0.1) is 15.9 Å². The smallest absolute Gasteiger partial charge is 0.270 e. The van der Waals surface area contributed by atoms with E-state index in [1.807, 2.05) is 0 Å². The topological polar surface area (TPSA) is 75.7 Å². The van der Waals surface area contributed by atoms with Crippen molar-refractivity contribution in [3.05, 3.63) is 39.7 Å². The summed E-state index contributed by atoms with van der Waals surface area (Å²) in [7, 11) is 0. The summed E-state index contributed by atoms with van der Waals surface area (Å²) >= 11 is 4.49. The molecule has 0 saturated carbocycles. The van der Waals surface area contributed by atoms with Gasteiger partial charge in [0, 0.05) is 30.7 Å². The Balaban J connectivity index is 3.39. The van der Waals surface area contributed by atoms with Gasteiger partial charge in [-0.1, -0.05) is 0 Å². The van der Waals surface area contributed by atoms with Crippen LogP contribution in [0.5, 0.6) is 0 Å². The third-order valence-electron chi connectivity index (χ3n) is 2.63. The molecule has 0 aromatic heterocycles. The number of hydrogen-bond donors (Lipinski definition) is 1. The lowest BCUT2D eigenvalue weighted by molar-refractivity contribution is -0.385. The largest absolute Gasteiger partial charge is 0.396 e. The molecule has 96 valence electrons. The van der Waals surface area contributed by atoms with Crippen molar-refractivity contribution in [3.8, 4) is 0 Å². The molecule has 0 heterocycles. The van der Waals surface area contributed by atoms with Gasteiger partial charge in [-0.3, -0.25) is 10.1 Å². The highest BCUT2D eigenvalue weighted by molar-refractivity contribution is 7.78. The van der Waals surface area contributed by atoms with Gasteiger partial charge in [0.1, 0.15) is 5.82 Å². The number of isothiocyanates is 1. The van der Waals surface area contributed by atoms with Crippen LogP contribution < -0.4 is 0 Å². The average Bonchev–Trinajstić information content (AvgIpc) is 2.29. The Hall–Kier alpha value is -1.69. The number of aliphatic hydroxyl groups excluding tert-OH is 1. The van der Waals surface area contributed by atoms with Crippen molar-refractivity contribution < 1.29 is 14.4 Å². The van der Waals surface area contributed by atoms with Gasteiger partial charge in [-0.15, -0.1) is 0 Å². The van der Waals surface area contributed by atoms with Crippen LogP contribution in [0.1, 0.15) is 18.9 Å². The Morgan fingerprint density at radius 3 is 2.83 bits per heavy atom. The number of nitro groups is 1. The zero-order chi connectivity index (χ0) is 13.8.